The highest BCUT2D eigenvalue weighted by atomic mass is 35.5. The van der Waals surface area contributed by atoms with E-state index in [1.165, 1.54) is 18.5 Å². The molecule has 0 radical (unpaired) electrons. The molecule has 2 fully saturated rings. The van der Waals surface area contributed by atoms with Gasteiger partial charge in [0.2, 0.25) is 5.96 Å². The molecule has 12 nitrogen and oxygen atoms in total. The fourth-order valence-electron chi connectivity index (χ4n) is 5.67. The van der Waals surface area contributed by atoms with Crippen molar-refractivity contribution in [2.75, 3.05) is 6.61 Å². The first-order valence-corrected chi connectivity index (χ1v) is 15.8. The molecule has 5 N–H and O–H groups in total. The fourth-order valence-corrected chi connectivity index (χ4v) is 6.12. The van der Waals surface area contributed by atoms with E-state index in [9.17, 15) is 28.3 Å². The predicted molar refractivity (Wildman–Crippen MR) is 178 cm³/mol. The lowest BCUT2D eigenvalue weighted by atomic mass is 9.75. The van der Waals surface area contributed by atoms with Crippen LogP contribution in [0.2, 0.25) is 5.02 Å². The number of aromatic nitrogens is 2. The lowest BCUT2D eigenvalue weighted by molar-refractivity contribution is -0.134. The Kier molecular flexibility index (Phi) is 9.74. The van der Waals surface area contributed by atoms with Crippen LogP contribution in [0.5, 0.6) is 0 Å². The molecule has 2 aliphatic rings. The second-order valence-corrected chi connectivity index (χ2v) is 13.7. The van der Waals surface area contributed by atoms with Crippen molar-refractivity contribution >= 4 is 52.9 Å². The SMILES string of the molecule is CC(C)(C)C[C@]1(c2ccc(-c3cnn(C(F)F)c3)cc2)NC(=NC(=O)O)N(C(COC(=O)NC2CC2)c2ccc(Cl)c(C(N)=S)c2)C1=O. The summed E-state index contributed by atoms with van der Waals surface area (Å²) in [6.07, 6.45) is 2.06. The minimum Gasteiger partial charge on any atom is -0.463 e. The number of nitrogens with two attached hydrogens (primary N) is 1. The second-order valence-electron chi connectivity index (χ2n) is 12.9. The first-order valence-electron chi connectivity index (χ1n) is 15.0. The minimum atomic E-state index is -2.81. The summed E-state index contributed by atoms with van der Waals surface area (Å²) < 4.78 is 32.4. The van der Waals surface area contributed by atoms with Gasteiger partial charge in [0.15, 0.2) is 0 Å². The lowest BCUT2D eigenvalue weighted by Gasteiger charge is -2.35. The van der Waals surface area contributed by atoms with Crippen LogP contribution in [0.1, 0.15) is 69.3 Å². The van der Waals surface area contributed by atoms with E-state index in [2.05, 4.69) is 20.7 Å². The maximum atomic E-state index is 14.9. The molecule has 48 heavy (non-hydrogen) atoms. The van der Waals surface area contributed by atoms with Gasteiger partial charge in [-0.1, -0.05) is 74.9 Å². The Balaban J connectivity index is 1.61. The third-order valence-electron chi connectivity index (χ3n) is 7.87. The molecule has 254 valence electrons. The third-order valence-corrected chi connectivity index (χ3v) is 8.42. The van der Waals surface area contributed by atoms with Crippen molar-refractivity contribution in [2.45, 2.75) is 64.2 Å². The number of guanidine groups is 1. The van der Waals surface area contributed by atoms with Crippen LogP contribution < -0.4 is 16.4 Å². The summed E-state index contributed by atoms with van der Waals surface area (Å²) in [5, 5.41) is 19.6. The fraction of sp³-hybridized carbons (Fsp3) is 0.375. The van der Waals surface area contributed by atoms with Gasteiger partial charge in [-0.3, -0.25) is 9.69 Å². The quantitative estimate of drug-likeness (QED) is 0.187. The average molecular weight is 702 g/mol. The zero-order valence-electron chi connectivity index (χ0n) is 26.2. The van der Waals surface area contributed by atoms with Gasteiger partial charge >= 0.3 is 18.7 Å². The number of nitrogens with zero attached hydrogens (tertiary/aromatic N) is 4. The number of carbonyl (C=O) groups is 3. The zero-order valence-corrected chi connectivity index (χ0v) is 27.8. The molecule has 16 heteroatoms. The smallest absolute Gasteiger partial charge is 0.434 e. The van der Waals surface area contributed by atoms with Gasteiger partial charge in [0.25, 0.3) is 5.91 Å². The summed E-state index contributed by atoms with van der Waals surface area (Å²) in [6, 6.07) is 10.2. The first-order chi connectivity index (χ1) is 22.6. The molecular weight excluding hydrogens is 668 g/mol. The molecule has 2 aromatic carbocycles. The average Bonchev–Trinajstić information content (AvgIpc) is 3.59. The Bertz CT molecular complexity index is 1770. The number of halogens is 3. The molecule has 1 aliphatic heterocycles. The molecule has 1 saturated heterocycles. The molecule has 2 heterocycles. The molecule has 1 saturated carbocycles. The van der Waals surface area contributed by atoms with Gasteiger partial charge in [-0.25, -0.2) is 14.3 Å². The number of benzene rings is 2. The molecule has 1 unspecified atom stereocenters. The van der Waals surface area contributed by atoms with Crippen LogP contribution in [-0.4, -0.2) is 61.5 Å². The normalized spacial score (nSPS) is 19.4. The zero-order chi connectivity index (χ0) is 35.0. The Morgan fingerprint density at radius 1 is 1.23 bits per heavy atom. The summed E-state index contributed by atoms with van der Waals surface area (Å²) >= 11 is 11.5. The van der Waals surface area contributed by atoms with Crippen molar-refractivity contribution in [1.29, 1.82) is 0 Å². The molecule has 0 spiro atoms. The van der Waals surface area contributed by atoms with Crippen molar-refractivity contribution in [3.63, 3.8) is 0 Å². The molecule has 3 amide bonds. The van der Waals surface area contributed by atoms with Gasteiger partial charge < -0.3 is 26.2 Å². The standard InChI is InChI=1S/C32H34ClF2N7O5S/c1-31(2,3)16-32(20-7-4-17(5-8-20)19-13-37-41(14-19)27(34)35)26(43)42(28(40-32)39-29(44)45)24(15-47-30(46)38-21-9-10-21)18-6-11-23(33)22(12-18)25(36)48/h4-8,11-14,21,24,27H,9-10,15-16H2,1-3H3,(H2,36,48)(H,38,46)(H,39,40)(H,44,45)/t24?,32-/m1/s1. The van der Waals surface area contributed by atoms with Crippen LogP contribution >= 0.6 is 23.8 Å². The molecule has 3 aromatic rings. The maximum Gasteiger partial charge on any atom is 0.434 e. The molecule has 2 atom stereocenters. The van der Waals surface area contributed by atoms with Gasteiger partial charge in [0.05, 0.1) is 17.3 Å². The molecule has 5 rings (SSSR count). The van der Waals surface area contributed by atoms with Crippen LogP contribution in [0.4, 0.5) is 18.4 Å². The number of ether oxygens (including phenoxy) is 1. The van der Waals surface area contributed by atoms with E-state index in [-0.39, 0.29) is 35.0 Å². The summed E-state index contributed by atoms with van der Waals surface area (Å²) in [5.74, 6) is -0.860. The van der Waals surface area contributed by atoms with E-state index >= 15 is 0 Å². The minimum absolute atomic E-state index is 0.000890. The topological polar surface area (TPSA) is 164 Å². The monoisotopic (exact) mass is 701 g/mol. The molecule has 1 aromatic heterocycles. The Labute approximate surface area is 285 Å². The Morgan fingerprint density at radius 3 is 2.48 bits per heavy atom. The number of thiocarbonyl (C=S) groups is 1. The Hall–Kier alpha value is -4.63. The highest BCUT2D eigenvalue weighted by Gasteiger charge is 2.55. The predicted octanol–water partition coefficient (Wildman–Crippen LogP) is 5.96. The molecule has 1 aliphatic carbocycles. The largest absolute Gasteiger partial charge is 0.463 e. The second kappa shape index (κ2) is 13.5. The number of carboxylic acid groups (broad SMARTS) is 1. The van der Waals surface area contributed by atoms with Crippen LogP contribution in [0, 0.1) is 5.41 Å². The number of aliphatic imine (C=N–C) groups is 1. The van der Waals surface area contributed by atoms with Gasteiger partial charge in [-0.15, -0.1) is 4.99 Å². The van der Waals surface area contributed by atoms with Crippen molar-refractivity contribution in [3.05, 3.63) is 76.6 Å². The highest BCUT2D eigenvalue weighted by Crippen LogP contribution is 2.43. The van der Waals surface area contributed by atoms with E-state index in [4.69, 9.17) is 34.3 Å². The van der Waals surface area contributed by atoms with Crippen molar-refractivity contribution in [3.8, 4) is 11.1 Å². The number of alkyl carbamates (subject to hydrolysis) is 1. The highest BCUT2D eigenvalue weighted by molar-refractivity contribution is 7.80. The molecular formula is C32H34ClF2N7O5S. The third kappa shape index (κ3) is 7.57. The lowest BCUT2D eigenvalue weighted by Crippen LogP contribution is -2.47. The van der Waals surface area contributed by atoms with Gasteiger partial charge in [0, 0.05) is 23.4 Å². The van der Waals surface area contributed by atoms with Crippen LogP contribution in [-0.2, 0) is 15.1 Å². The van der Waals surface area contributed by atoms with Gasteiger partial charge in [-0.05, 0) is 53.5 Å². The maximum absolute atomic E-state index is 14.9. The number of rotatable bonds is 10. The van der Waals surface area contributed by atoms with Crippen molar-refractivity contribution in [1.82, 2.24) is 25.3 Å². The van der Waals surface area contributed by atoms with E-state index in [0.717, 1.165) is 17.7 Å². The molecule has 0 bridgehead atoms. The number of hydrogen-bond donors (Lipinski definition) is 4. The summed E-state index contributed by atoms with van der Waals surface area (Å²) in [7, 11) is 0. The van der Waals surface area contributed by atoms with Crippen LogP contribution in [0.3, 0.4) is 0 Å². The van der Waals surface area contributed by atoms with Crippen molar-refractivity contribution < 1.29 is 33.0 Å². The van der Waals surface area contributed by atoms with E-state index < -0.39 is 41.6 Å². The van der Waals surface area contributed by atoms with Gasteiger partial charge in [-0.2, -0.15) is 13.9 Å². The van der Waals surface area contributed by atoms with E-state index in [0.29, 0.717) is 32.5 Å². The van der Waals surface area contributed by atoms with Crippen molar-refractivity contribution in [2.24, 2.45) is 16.1 Å². The van der Waals surface area contributed by atoms with Crippen LogP contribution in [0.15, 0.2) is 59.9 Å². The van der Waals surface area contributed by atoms with Crippen LogP contribution in [0.25, 0.3) is 11.1 Å². The number of hydrogen-bond acceptors (Lipinski definition) is 6. The summed E-state index contributed by atoms with van der Waals surface area (Å²) in [4.78, 5) is 44.5. The summed E-state index contributed by atoms with van der Waals surface area (Å²) in [5.41, 5.74) is 6.03. The number of nitrogens with one attached hydrogen (secondary N) is 2. The van der Waals surface area contributed by atoms with E-state index in [1.54, 1.807) is 36.4 Å². The van der Waals surface area contributed by atoms with Gasteiger partial charge in [0.1, 0.15) is 17.1 Å². The number of carbonyl (C=O) groups excluding carboxylic acids is 2. The van der Waals surface area contributed by atoms with E-state index in [1.807, 2.05) is 20.8 Å². The number of alkyl halides is 2. The first kappa shape index (κ1) is 34.7. The summed E-state index contributed by atoms with van der Waals surface area (Å²) in [6.45, 7) is 2.57. The number of amides is 3. The Morgan fingerprint density at radius 2 is 1.92 bits per heavy atom.